The molecule has 6 heteroatoms. The molecular formula is C7H2Cl2F4. The van der Waals surface area contributed by atoms with Crippen LogP contribution in [0.25, 0.3) is 0 Å². The van der Waals surface area contributed by atoms with E-state index in [4.69, 9.17) is 23.2 Å². The Morgan fingerprint density at radius 3 is 1.54 bits per heavy atom. The van der Waals surface area contributed by atoms with Gasteiger partial charge in [-0.05, 0) is 0 Å². The van der Waals surface area contributed by atoms with Gasteiger partial charge in [-0.25, -0.2) is 17.6 Å². The van der Waals surface area contributed by atoms with E-state index in [0.717, 1.165) is 0 Å². The Morgan fingerprint density at radius 1 is 0.846 bits per heavy atom. The molecule has 0 aliphatic rings. The average Bonchev–Trinajstić information content (AvgIpc) is 2.13. The lowest BCUT2D eigenvalue weighted by Crippen LogP contribution is -1.98. The lowest BCUT2D eigenvalue weighted by molar-refractivity contribution is 0.434. The van der Waals surface area contributed by atoms with Crippen molar-refractivity contribution in [2.24, 2.45) is 0 Å². The van der Waals surface area contributed by atoms with Crippen molar-refractivity contribution in [2.75, 3.05) is 0 Å². The standard InChI is InChI=1S/C7H2Cl2F4/c8-3-2(1-10)4(9)6(12)7(13)5(3)11/h1H2. The maximum Gasteiger partial charge on any atom is 0.197 e. The zero-order valence-electron chi connectivity index (χ0n) is 5.97. The molecule has 0 aromatic heterocycles. The monoisotopic (exact) mass is 232 g/mol. The Labute approximate surface area is 81.1 Å². The van der Waals surface area contributed by atoms with Crippen LogP contribution in [0.1, 0.15) is 5.56 Å². The summed E-state index contributed by atoms with van der Waals surface area (Å²) in [6.45, 7) is -1.26. The fourth-order valence-electron chi connectivity index (χ4n) is 0.768. The van der Waals surface area contributed by atoms with Gasteiger partial charge in [0, 0.05) is 5.56 Å². The van der Waals surface area contributed by atoms with Gasteiger partial charge in [0.25, 0.3) is 0 Å². The van der Waals surface area contributed by atoms with E-state index in [1.807, 2.05) is 0 Å². The maximum absolute atomic E-state index is 12.6. The summed E-state index contributed by atoms with van der Waals surface area (Å²) in [5.41, 5.74) is -0.584. The van der Waals surface area contributed by atoms with Crippen molar-refractivity contribution in [3.05, 3.63) is 33.1 Å². The molecule has 0 heterocycles. The van der Waals surface area contributed by atoms with Crippen LogP contribution in [0, 0.1) is 17.5 Å². The number of benzene rings is 1. The molecule has 0 amide bonds. The topological polar surface area (TPSA) is 0 Å². The van der Waals surface area contributed by atoms with Crippen LogP contribution in [0.2, 0.25) is 10.0 Å². The van der Waals surface area contributed by atoms with Gasteiger partial charge in [0.15, 0.2) is 17.5 Å². The van der Waals surface area contributed by atoms with E-state index < -0.39 is 39.7 Å². The van der Waals surface area contributed by atoms with Crippen LogP contribution in [-0.2, 0) is 6.67 Å². The van der Waals surface area contributed by atoms with Crippen LogP contribution in [0.5, 0.6) is 0 Å². The molecule has 0 fully saturated rings. The fourth-order valence-corrected chi connectivity index (χ4v) is 1.27. The van der Waals surface area contributed by atoms with E-state index >= 15 is 0 Å². The minimum atomic E-state index is -1.80. The van der Waals surface area contributed by atoms with Crippen LogP contribution in [0.15, 0.2) is 0 Å². The molecule has 0 aliphatic heterocycles. The van der Waals surface area contributed by atoms with Gasteiger partial charge in [0.1, 0.15) is 6.67 Å². The molecule has 0 saturated carbocycles. The number of rotatable bonds is 1. The Morgan fingerprint density at radius 2 is 1.23 bits per heavy atom. The first-order valence-corrected chi connectivity index (χ1v) is 3.82. The minimum Gasteiger partial charge on any atom is -0.246 e. The van der Waals surface area contributed by atoms with E-state index in [0.29, 0.717) is 0 Å². The zero-order chi connectivity index (χ0) is 10.2. The second kappa shape index (κ2) is 3.72. The predicted molar refractivity (Wildman–Crippen MR) is 41.1 cm³/mol. The lowest BCUT2D eigenvalue weighted by atomic mass is 10.2. The quantitative estimate of drug-likeness (QED) is 0.392. The Hall–Kier alpha value is -0.480. The van der Waals surface area contributed by atoms with E-state index in [-0.39, 0.29) is 0 Å². The smallest absolute Gasteiger partial charge is 0.197 e. The molecule has 1 aromatic rings. The highest BCUT2D eigenvalue weighted by atomic mass is 35.5. The summed E-state index contributed by atoms with van der Waals surface area (Å²) in [7, 11) is 0. The molecule has 0 bridgehead atoms. The zero-order valence-corrected chi connectivity index (χ0v) is 7.49. The molecule has 1 rings (SSSR count). The highest BCUT2D eigenvalue weighted by Crippen LogP contribution is 2.32. The fraction of sp³-hybridized carbons (Fsp3) is 0.143. The second-order valence-electron chi connectivity index (χ2n) is 2.18. The molecule has 0 radical (unpaired) electrons. The van der Waals surface area contributed by atoms with Crippen LogP contribution in [0.3, 0.4) is 0 Å². The van der Waals surface area contributed by atoms with Gasteiger partial charge in [-0.1, -0.05) is 23.2 Å². The maximum atomic E-state index is 12.6. The molecule has 13 heavy (non-hydrogen) atoms. The summed E-state index contributed by atoms with van der Waals surface area (Å²) < 4.78 is 49.9. The van der Waals surface area contributed by atoms with Gasteiger partial charge in [0.2, 0.25) is 0 Å². The van der Waals surface area contributed by atoms with E-state index in [1.54, 1.807) is 0 Å². The van der Waals surface area contributed by atoms with Crippen LogP contribution in [-0.4, -0.2) is 0 Å². The molecular weight excluding hydrogens is 231 g/mol. The van der Waals surface area contributed by atoms with Gasteiger partial charge in [-0.2, -0.15) is 0 Å². The Bertz CT molecular complexity index is 322. The number of hydrogen-bond acceptors (Lipinski definition) is 0. The first kappa shape index (κ1) is 10.6. The summed E-state index contributed by atoms with van der Waals surface area (Å²) >= 11 is 10.3. The lowest BCUT2D eigenvalue weighted by Gasteiger charge is -2.05. The number of alkyl halides is 1. The molecule has 0 spiro atoms. The normalized spacial score (nSPS) is 10.6. The number of halogens is 6. The van der Waals surface area contributed by atoms with E-state index in [1.165, 1.54) is 0 Å². The van der Waals surface area contributed by atoms with Crippen molar-refractivity contribution in [2.45, 2.75) is 6.67 Å². The summed E-state index contributed by atoms with van der Waals surface area (Å²) in [5, 5.41) is -1.65. The molecule has 1 aromatic carbocycles. The van der Waals surface area contributed by atoms with Crippen molar-refractivity contribution < 1.29 is 17.6 Å². The highest BCUT2D eigenvalue weighted by Gasteiger charge is 2.22. The third-order valence-electron chi connectivity index (χ3n) is 1.43. The molecule has 0 unspecified atom stereocenters. The van der Waals surface area contributed by atoms with Crippen LogP contribution in [0.4, 0.5) is 17.6 Å². The number of hydrogen-bond donors (Lipinski definition) is 0. The van der Waals surface area contributed by atoms with Crippen LogP contribution < -0.4 is 0 Å². The van der Waals surface area contributed by atoms with Gasteiger partial charge in [0.05, 0.1) is 10.0 Å². The average molecular weight is 233 g/mol. The van der Waals surface area contributed by atoms with Crippen LogP contribution >= 0.6 is 23.2 Å². The van der Waals surface area contributed by atoms with Crippen molar-refractivity contribution in [1.82, 2.24) is 0 Å². The van der Waals surface area contributed by atoms with Crippen molar-refractivity contribution in [3.63, 3.8) is 0 Å². The van der Waals surface area contributed by atoms with E-state index in [2.05, 4.69) is 0 Å². The summed E-state index contributed by atoms with van der Waals surface area (Å²) in [6.07, 6.45) is 0. The minimum absolute atomic E-state index is 0.584. The van der Waals surface area contributed by atoms with Crippen molar-refractivity contribution in [3.8, 4) is 0 Å². The molecule has 0 N–H and O–H groups in total. The largest absolute Gasteiger partial charge is 0.246 e. The second-order valence-corrected chi connectivity index (χ2v) is 2.94. The van der Waals surface area contributed by atoms with Crippen molar-refractivity contribution in [1.29, 1.82) is 0 Å². The van der Waals surface area contributed by atoms with Gasteiger partial charge >= 0.3 is 0 Å². The molecule has 0 atom stereocenters. The first-order valence-electron chi connectivity index (χ1n) is 3.07. The summed E-state index contributed by atoms with van der Waals surface area (Å²) in [5.74, 6) is -5.06. The third-order valence-corrected chi connectivity index (χ3v) is 2.22. The summed E-state index contributed by atoms with van der Waals surface area (Å²) in [4.78, 5) is 0. The first-order chi connectivity index (χ1) is 6.00. The predicted octanol–water partition coefficient (Wildman–Crippen LogP) is 3.88. The van der Waals surface area contributed by atoms with Gasteiger partial charge < -0.3 is 0 Å². The SMILES string of the molecule is FCc1c(Cl)c(F)c(F)c(F)c1Cl. The van der Waals surface area contributed by atoms with Gasteiger partial charge in [-0.15, -0.1) is 0 Å². The van der Waals surface area contributed by atoms with E-state index in [9.17, 15) is 17.6 Å². The molecule has 72 valence electrons. The Kier molecular flexibility index (Phi) is 3.03. The third kappa shape index (κ3) is 1.60. The van der Waals surface area contributed by atoms with Crippen molar-refractivity contribution >= 4 is 23.2 Å². The molecule has 0 nitrogen and oxygen atoms in total. The van der Waals surface area contributed by atoms with Gasteiger partial charge in [-0.3, -0.25) is 0 Å². The Balaban J connectivity index is 3.56. The highest BCUT2D eigenvalue weighted by molar-refractivity contribution is 6.36. The summed E-state index contributed by atoms with van der Waals surface area (Å²) in [6, 6.07) is 0. The molecule has 0 saturated heterocycles. The molecule has 0 aliphatic carbocycles.